The zero-order valence-corrected chi connectivity index (χ0v) is 16.4. The van der Waals surface area contributed by atoms with Crippen molar-refractivity contribution in [2.75, 3.05) is 6.54 Å². The van der Waals surface area contributed by atoms with Crippen molar-refractivity contribution in [3.8, 4) is 0 Å². The van der Waals surface area contributed by atoms with Crippen LogP contribution in [0.5, 0.6) is 0 Å². The Morgan fingerprint density at radius 1 is 1.29 bits per heavy atom. The van der Waals surface area contributed by atoms with Crippen molar-refractivity contribution in [1.82, 2.24) is 10.2 Å². The van der Waals surface area contributed by atoms with Crippen LogP contribution in [0.25, 0.3) is 11.0 Å². The monoisotopic (exact) mass is 406 g/mol. The van der Waals surface area contributed by atoms with Crippen LogP contribution in [0.1, 0.15) is 31.4 Å². The first kappa shape index (κ1) is 19.9. The van der Waals surface area contributed by atoms with Gasteiger partial charge in [0.05, 0.1) is 0 Å². The maximum Gasteiger partial charge on any atom is 0.336 e. The van der Waals surface area contributed by atoms with E-state index in [-0.39, 0.29) is 6.61 Å². The molecule has 2 aromatic rings. The summed E-state index contributed by atoms with van der Waals surface area (Å²) in [4.78, 5) is 49.1. The molecule has 1 aromatic carbocycles. The second-order valence-corrected chi connectivity index (χ2v) is 7.26. The number of urea groups is 1. The van der Waals surface area contributed by atoms with Gasteiger partial charge < -0.3 is 14.5 Å². The normalized spacial score (nSPS) is 19.2. The van der Waals surface area contributed by atoms with Gasteiger partial charge in [-0.15, -0.1) is 0 Å². The number of aryl methyl sites for hydroxylation is 1. The van der Waals surface area contributed by atoms with Gasteiger partial charge in [0.1, 0.15) is 24.3 Å². The Balaban J connectivity index is 1.75. The Kier molecular flexibility index (Phi) is 5.16. The fourth-order valence-corrected chi connectivity index (χ4v) is 3.09. The van der Waals surface area contributed by atoms with E-state index in [2.05, 4.69) is 5.32 Å². The first-order valence-electron chi connectivity index (χ1n) is 8.67. The molecule has 9 heteroatoms. The molecule has 1 aliphatic heterocycles. The van der Waals surface area contributed by atoms with E-state index >= 15 is 0 Å². The number of benzene rings is 1. The van der Waals surface area contributed by atoms with E-state index in [1.165, 1.54) is 6.07 Å². The molecule has 3 rings (SSSR count). The van der Waals surface area contributed by atoms with Crippen molar-refractivity contribution in [2.45, 2.75) is 39.3 Å². The van der Waals surface area contributed by atoms with E-state index in [1.807, 2.05) is 0 Å². The summed E-state index contributed by atoms with van der Waals surface area (Å²) in [6, 6.07) is 3.83. The maximum atomic E-state index is 12.3. The second kappa shape index (κ2) is 7.27. The smallest absolute Gasteiger partial charge is 0.336 e. The lowest BCUT2D eigenvalue weighted by Crippen LogP contribution is -2.43. The first-order chi connectivity index (χ1) is 13.1. The van der Waals surface area contributed by atoms with Gasteiger partial charge in [0.15, 0.2) is 0 Å². The van der Waals surface area contributed by atoms with E-state index in [0.29, 0.717) is 28.0 Å². The van der Waals surface area contributed by atoms with Gasteiger partial charge in [-0.05, 0) is 38.0 Å². The molecule has 2 heterocycles. The third kappa shape index (κ3) is 3.60. The quantitative estimate of drug-likeness (QED) is 0.464. The summed E-state index contributed by atoms with van der Waals surface area (Å²) in [6.45, 7) is 4.39. The number of carbonyl (C=O) groups is 3. The van der Waals surface area contributed by atoms with Crippen LogP contribution in [0.4, 0.5) is 4.79 Å². The molecule has 0 bridgehead atoms. The third-order valence-corrected chi connectivity index (χ3v) is 5.24. The number of amides is 3. The highest BCUT2D eigenvalue weighted by Crippen LogP contribution is 2.26. The molecule has 8 nitrogen and oxygen atoms in total. The molecule has 1 atom stereocenters. The van der Waals surface area contributed by atoms with Gasteiger partial charge in [-0.25, -0.2) is 9.59 Å². The summed E-state index contributed by atoms with van der Waals surface area (Å²) < 4.78 is 10.3. The number of nitrogens with one attached hydrogen (secondary N) is 1. The van der Waals surface area contributed by atoms with Crippen molar-refractivity contribution in [1.29, 1.82) is 0 Å². The molecule has 28 heavy (non-hydrogen) atoms. The van der Waals surface area contributed by atoms with Gasteiger partial charge in [0.25, 0.3) is 5.91 Å². The number of hydrogen-bond donors (Lipinski definition) is 1. The number of rotatable bonds is 5. The molecule has 0 aliphatic carbocycles. The fraction of sp³-hybridized carbons (Fsp3) is 0.368. The summed E-state index contributed by atoms with van der Waals surface area (Å²) in [5.41, 5.74) is -0.136. The van der Waals surface area contributed by atoms with Gasteiger partial charge in [-0.1, -0.05) is 18.5 Å². The van der Waals surface area contributed by atoms with Gasteiger partial charge >= 0.3 is 17.6 Å². The molecule has 1 saturated heterocycles. The Bertz CT molecular complexity index is 1050. The molecule has 0 radical (unpaired) electrons. The van der Waals surface area contributed by atoms with Crippen molar-refractivity contribution >= 4 is 40.5 Å². The van der Waals surface area contributed by atoms with Crippen molar-refractivity contribution in [2.24, 2.45) is 0 Å². The number of nitrogens with zero attached hydrogens (tertiary/aromatic N) is 1. The van der Waals surface area contributed by atoms with Crippen LogP contribution in [0.15, 0.2) is 27.4 Å². The predicted octanol–water partition coefficient (Wildman–Crippen LogP) is 2.52. The van der Waals surface area contributed by atoms with Crippen LogP contribution >= 0.6 is 11.6 Å². The highest BCUT2D eigenvalue weighted by Gasteiger charge is 2.47. The number of hydrogen-bond acceptors (Lipinski definition) is 6. The molecule has 3 amide bonds. The van der Waals surface area contributed by atoms with E-state index in [4.69, 9.17) is 20.8 Å². The van der Waals surface area contributed by atoms with E-state index < -0.39 is 35.6 Å². The molecule has 1 fully saturated rings. The van der Waals surface area contributed by atoms with Crippen LogP contribution in [-0.4, -0.2) is 34.9 Å². The molecular formula is C19H19ClN2O6. The van der Waals surface area contributed by atoms with Crippen LogP contribution in [-0.2, 0) is 20.9 Å². The van der Waals surface area contributed by atoms with Crippen LogP contribution in [0.2, 0.25) is 5.02 Å². The summed E-state index contributed by atoms with van der Waals surface area (Å²) >= 11 is 6.13. The molecular weight excluding hydrogens is 388 g/mol. The number of carbonyl (C=O) groups excluding carboxylic acids is 3. The zero-order chi connectivity index (χ0) is 20.6. The van der Waals surface area contributed by atoms with Gasteiger partial charge in [-0.2, -0.15) is 0 Å². The Hall–Kier alpha value is -2.87. The number of fused-ring (bicyclic) bond motifs is 1. The van der Waals surface area contributed by atoms with Gasteiger partial charge in [0, 0.05) is 22.0 Å². The maximum absolute atomic E-state index is 12.3. The lowest BCUT2D eigenvalue weighted by molar-refractivity contribution is -0.148. The van der Waals surface area contributed by atoms with Crippen LogP contribution in [0, 0.1) is 6.92 Å². The number of imide groups is 1. The minimum Gasteiger partial charge on any atom is -0.459 e. The Labute approximate surface area is 165 Å². The average Bonchev–Trinajstić information content (AvgIpc) is 2.85. The standard InChI is InChI=1S/C19H19ClN2O6/c1-4-19(3)17(25)22(18(26)21-19)8-16(24)27-9-11-6-15(23)28-14-5-10(2)13(20)7-12(11)14/h5-7H,4,8-9H2,1-3H3,(H,21,26)/t19-/m0/s1. The van der Waals surface area contributed by atoms with Crippen LogP contribution < -0.4 is 10.9 Å². The molecule has 0 spiro atoms. The highest BCUT2D eigenvalue weighted by molar-refractivity contribution is 6.32. The SMILES string of the molecule is CC[C@]1(C)NC(=O)N(CC(=O)OCc2cc(=O)oc3cc(C)c(Cl)cc23)C1=O. The molecule has 1 N–H and O–H groups in total. The number of esters is 1. The number of ether oxygens (including phenoxy) is 1. The number of halogens is 1. The van der Waals surface area contributed by atoms with Crippen LogP contribution in [0.3, 0.4) is 0 Å². The summed E-state index contributed by atoms with van der Waals surface area (Å²) in [5.74, 6) is -1.26. The Morgan fingerprint density at radius 3 is 2.64 bits per heavy atom. The van der Waals surface area contributed by atoms with Crippen molar-refractivity contribution in [3.63, 3.8) is 0 Å². The minimum atomic E-state index is -1.03. The van der Waals surface area contributed by atoms with Gasteiger partial charge in [-0.3, -0.25) is 14.5 Å². The third-order valence-electron chi connectivity index (χ3n) is 4.84. The summed E-state index contributed by atoms with van der Waals surface area (Å²) in [6.07, 6.45) is 0.398. The Morgan fingerprint density at radius 2 is 2.00 bits per heavy atom. The minimum absolute atomic E-state index is 0.227. The molecule has 0 unspecified atom stereocenters. The fourth-order valence-electron chi connectivity index (χ4n) is 2.93. The average molecular weight is 407 g/mol. The second-order valence-electron chi connectivity index (χ2n) is 6.86. The van der Waals surface area contributed by atoms with E-state index in [1.54, 1.807) is 32.9 Å². The van der Waals surface area contributed by atoms with E-state index in [0.717, 1.165) is 10.5 Å². The summed E-state index contributed by atoms with van der Waals surface area (Å²) in [5, 5.41) is 3.58. The topological polar surface area (TPSA) is 106 Å². The molecule has 1 aromatic heterocycles. The largest absolute Gasteiger partial charge is 0.459 e. The van der Waals surface area contributed by atoms with E-state index in [9.17, 15) is 19.2 Å². The van der Waals surface area contributed by atoms with Gasteiger partial charge in [0.2, 0.25) is 0 Å². The predicted molar refractivity (Wildman–Crippen MR) is 101 cm³/mol. The first-order valence-corrected chi connectivity index (χ1v) is 9.05. The zero-order valence-electron chi connectivity index (χ0n) is 15.6. The lowest BCUT2D eigenvalue weighted by Gasteiger charge is -2.18. The molecule has 0 saturated carbocycles. The lowest BCUT2D eigenvalue weighted by atomic mass is 9.99. The highest BCUT2D eigenvalue weighted by atomic mass is 35.5. The summed E-state index contributed by atoms with van der Waals surface area (Å²) in [7, 11) is 0. The van der Waals surface area contributed by atoms with Crippen molar-refractivity contribution < 1.29 is 23.5 Å². The molecule has 148 valence electrons. The molecule has 1 aliphatic rings. The van der Waals surface area contributed by atoms with Crippen molar-refractivity contribution in [3.05, 3.63) is 44.8 Å².